The molecule has 2 aliphatic heterocycles. The number of aliphatic imine (C=N–C) groups is 1. The molecule has 160 valence electrons. The Morgan fingerprint density at radius 1 is 1.00 bits per heavy atom. The van der Waals surface area contributed by atoms with Crippen LogP contribution in [0.2, 0.25) is 5.02 Å². The average molecular weight is 543 g/mol. The van der Waals surface area contributed by atoms with Gasteiger partial charge in [0, 0.05) is 21.4 Å². The monoisotopic (exact) mass is 541 g/mol. The summed E-state index contributed by atoms with van der Waals surface area (Å²) in [6.07, 6.45) is 0. The van der Waals surface area contributed by atoms with Crippen molar-refractivity contribution in [2.75, 3.05) is 16.8 Å². The number of carbonyl (C=O) groups excluding carboxylic acids is 1. The average Bonchev–Trinajstić information content (AvgIpc) is 3.26. The van der Waals surface area contributed by atoms with Crippen molar-refractivity contribution in [2.24, 2.45) is 4.99 Å². The van der Waals surface area contributed by atoms with Gasteiger partial charge in [0.25, 0.3) is 5.91 Å². The fourth-order valence-electron chi connectivity index (χ4n) is 3.52. The molecule has 1 amide bonds. The number of nitrogens with zero attached hydrogens (tertiary/aromatic N) is 3. The molecule has 0 unspecified atom stereocenters. The molecule has 0 aromatic heterocycles. The van der Waals surface area contributed by atoms with Crippen LogP contribution in [0.1, 0.15) is 5.56 Å². The van der Waals surface area contributed by atoms with E-state index in [9.17, 15) is 4.79 Å². The van der Waals surface area contributed by atoms with Crippen LogP contribution in [-0.4, -0.2) is 18.1 Å². The Bertz CT molecular complexity index is 1310. The van der Waals surface area contributed by atoms with E-state index >= 15 is 0 Å². The molecule has 5 rings (SSSR count). The number of hydrogen-bond acceptors (Lipinski definition) is 5. The van der Waals surface area contributed by atoms with Crippen LogP contribution in [-0.2, 0) is 4.79 Å². The SMILES string of the molecule is Cc1cccc(N2C(=O)/C(=C3/Sc4ccc(Cl)cc4N3C)SC2=Nc2ccc(Br)cc2)c1. The summed E-state index contributed by atoms with van der Waals surface area (Å²) in [4.78, 5) is 24.0. The third kappa shape index (κ3) is 3.99. The summed E-state index contributed by atoms with van der Waals surface area (Å²) in [5.41, 5.74) is 3.67. The number of thioether (sulfide) groups is 2. The molecule has 3 aromatic rings. The molecule has 1 saturated heterocycles. The molecule has 2 heterocycles. The highest BCUT2D eigenvalue weighted by atomic mass is 79.9. The zero-order valence-electron chi connectivity index (χ0n) is 17.2. The van der Waals surface area contributed by atoms with Crippen molar-refractivity contribution in [3.05, 3.63) is 91.7 Å². The van der Waals surface area contributed by atoms with Crippen molar-refractivity contribution in [1.29, 1.82) is 0 Å². The summed E-state index contributed by atoms with van der Waals surface area (Å²) in [6, 6.07) is 21.4. The van der Waals surface area contributed by atoms with Gasteiger partial charge in [0.2, 0.25) is 0 Å². The Balaban J connectivity index is 1.61. The number of amides is 1. The highest BCUT2D eigenvalue weighted by Crippen LogP contribution is 2.51. The van der Waals surface area contributed by atoms with E-state index in [1.165, 1.54) is 11.8 Å². The predicted molar refractivity (Wildman–Crippen MR) is 140 cm³/mol. The summed E-state index contributed by atoms with van der Waals surface area (Å²) < 4.78 is 0.982. The largest absolute Gasteiger partial charge is 0.337 e. The van der Waals surface area contributed by atoms with Crippen molar-refractivity contribution in [2.45, 2.75) is 11.8 Å². The van der Waals surface area contributed by atoms with Crippen LogP contribution in [0.4, 0.5) is 17.1 Å². The number of anilines is 2. The number of hydrogen-bond donors (Lipinski definition) is 0. The van der Waals surface area contributed by atoms with Crippen molar-refractivity contribution in [3.8, 4) is 0 Å². The number of halogens is 2. The molecule has 0 aliphatic carbocycles. The molecular formula is C24H17BrClN3OS2. The predicted octanol–water partition coefficient (Wildman–Crippen LogP) is 7.59. The zero-order valence-corrected chi connectivity index (χ0v) is 21.1. The minimum absolute atomic E-state index is 0.0790. The van der Waals surface area contributed by atoms with Crippen LogP contribution < -0.4 is 9.80 Å². The molecule has 1 fully saturated rings. The molecular weight excluding hydrogens is 526 g/mol. The van der Waals surface area contributed by atoms with E-state index in [1.807, 2.05) is 85.6 Å². The highest BCUT2D eigenvalue weighted by Gasteiger charge is 2.40. The lowest BCUT2D eigenvalue weighted by molar-refractivity contribution is -0.113. The van der Waals surface area contributed by atoms with Gasteiger partial charge in [-0.1, -0.05) is 51.4 Å². The van der Waals surface area contributed by atoms with Crippen molar-refractivity contribution >= 4 is 79.2 Å². The molecule has 8 heteroatoms. The van der Waals surface area contributed by atoms with Crippen LogP contribution in [0.3, 0.4) is 0 Å². The number of carbonyl (C=O) groups is 1. The molecule has 0 N–H and O–H groups in total. The van der Waals surface area contributed by atoms with Crippen LogP contribution in [0.5, 0.6) is 0 Å². The lowest BCUT2D eigenvalue weighted by Crippen LogP contribution is -2.29. The summed E-state index contributed by atoms with van der Waals surface area (Å²) in [6.45, 7) is 2.02. The minimum atomic E-state index is -0.0790. The molecule has 32 heavy (non-hydrogen) atoms. The molecule has 3 aromatic carbocycles. The van der Waals surface area contributed by atoms with Gasteiger partial charge in [0.1, 0.15) is 4.91 Å². The smallest absolute Gasteiger partial charge is 0.274 e. The summed E-state index contributed by atoms with van der Waals surface area (Å²) in [7, 11) is 1.96. The van der Waals surface area contributed by atoms with Gasteiger partial charge in [-0.3, -0.25) is 9.69 Å². The first kappa shape index (κ1) is 21.6. The topological polar surface area (TPSA) is 35.9 Å². The van der Waals surface area contributed by atoms with Crippen LogP contribution in [0.15, 0.2) is 91.0 Å². The Kier molecular flexibility index (Phi) is 5.84. The third-order valence-electron chi connectivity index (χ3n) is 5.08. The second-order valence-corrected chi connectivity index (χ2v) is 10.7. The maximum absolute atomic E-state index is 13.7. The van der Waals surface area contributed by atoms with Gasteiger partial charge in [-0.15, -0.1) is 0 Å². The minimum Gasteiger partial charge on any atom is -0.337 e. The molecule has 0 radical (unpaired) electrons. The Hall–Kier alpha value is -2.19. The first-order valence-corrected chi connectivity index (χ1v) is 12.6. The van der Waals surface area contributed by atoms with E-state index in [4.69, 9.17) is 16.6 Å². The molecule has 2 aliphatic rings. The number of rotatable bonds is 2. The zero-order chi connectivity index (χ0) is 22.4. The van der Waals surface area contributed by atoms with Crippen molar-refractivity contribution in [3.63, 3.8) is 0 Å². The normalized spacial score (nSPS) is 19.2. The standard InChI is InChI=1S/C24H17BrClN3OS2/c1-14-4-3-5-18(12-14)29-22(30)21(32-24(29)27-17-9-6-15(25)7-10-17)23-28(2)19-13-16(26)8-11-20(19)31-23/h3-13H,1-2H3/b23-21-,27-24?. The van der Waals surface area contributed by atoms with Gasteiger partial charge >= 0.3 is 0 Å². The van der Waals surface area contributed by atoms with Gasteiger partial charge in [0.15, 0.2) is 5.17 Å². The molecule has 0 spiro atoms. The first-order valence-electron chi connectivity index (χ1n) is 9.79. The van der Waals surface area contributed by atoms with E-state index in [0.717, 1.165) is 37.0 Å². The first-order chi connectivity index (χ1) is 15.4. The lowest BCUT2D eigenvalue weighted by atomic mass is 10.2. The van der Waals surface area contributed by atoms with Gasteiger partial charge in [-0.05, 0) is 78.8 Å². The van der Waals surface area contributed by atoms with E-state index in [2.05, 4.69) is 15.9 Å². The Morgan fingerprint density at radius 3 is 2.53 bits per heavy atom. The van der Waals surface area contributed by atoms with Crippen LogP contribution in [0.25, 0.3) is 0 Å². The second kappa shape index (κ2) is 8.63. The maximum atomic E-state index is 13.7. The highest BCUT2D eigenvalue weighted by molar-refractivity contribution is 9.10. The summed E-state index contributed by atoms with van der Waals surface area (Å²) >= 11 is 12.7. The Labute approximate surface area is 208 Å². The van der Waals surface area contributed by atoms with Gasteiger partial charge in [-0.2, -0.15) is 0 Å². The maximum Gasteiger partial charge on any atom is 0.274 e. The molecule has 0 bridgehead atoms. The van der Waals surface area contributed by atoms with Gasteiger partial charge < -0.3 is 4.90 Å². The molecule has 0 atom stereocenters. The molecule has 0 saturated carbocycles. The second-order valence-electron chi connectivity index (χ2n) is 7.36. The van der Waals surface area contributed by atoms with Gasteiger partial charge in [0.05, 0.1) is 22.1 Å². The van der Waals surface area contributed by atoms with E-state index in [0.29, 0.717) is 15.1 Å². The van der Waals surface area contributed by atoms with E-state index < -0.39 is 0 Å². The molecule has 4 nitrogen and oxygen atoms in total. The van der Waals surface area contributed by atoms with Crippen LogP contribution >= 0.6 is 51.1 Å². The number of aryl methyl sites for hydroxylation is 1. The van der Waals surface area contributed by atoms with E-state index in [1.54, 1.807) is 16.7 Å². The van der Waals surface area contributed by atoms with Crippen molar-refractivity contribution < 1.29 is 4.79 Å². The lowest BCUT2D eigenvalue weighted by Gasteiger charge is -2.17. The fraction of sp³-hybridized carbons (Fsp3) is 0.0833. The van der Waals surface area contributed by atoms with Crippen LogP contribution in [0, 0.1) is 6.92 Å². The number of amidine groups is 1. The quantitative estimate of drug-likeness (QED) is 0.313. The number of fused-ring (bicyclic) bond motifs is 1. The van der Waals surface area contributed by atoms with Crippen molar-refractivity contribution in [1.82, 2.24) is 0 Å². The van der Waals surface area contributed by atoms with E-state index in [-0.39, 0.29) is 5.91 Å². The third-order valence-corrected chi connectivity index (χ3v) is 8.24. The fourth-order valence-corrected chi connectivity index (χ4v) is 6.27. The Morgan fingerprint density at radius 2 is 1.78 bits per heavy atom. The summed E-state index contributed by atoms with van der Waals surface area (Å²) in [5, 5.41) is 2.19. The summed E-state index contributed by atoms with van der Waals surface area (Å²) in [5.74, 6) is -0.0790. The number of benzene rings is 3. The van der Waals surface area contributed by atoms with Gasteiger partial charge in [-0.25, -0.2) is 4.99 Å².